The maximum Gasteiger partial charge on any atom is 0.304 e. The molecule has 2 heterocycles. The van der Waals surface area contributed by atoms with E-state index in [1.54, 1.807) is 25.4 Å². The van der Waals surface area contributed by atoms with Gasteiger partial charge in [0.1, 0.15) is 0 Å². The summed E-state index contributed by atoms with van der Waals surface area (Å²) in [5.74, 6) is 0.278. The minimum Gasteiger partial charge on any atom is -0.493 e. The zero-order valence-electron chi connectivity index (χ0n) is 18.2. The van der Waals surface area contributed by atoms with Gasteiger partial charge in [-0.05, 0) is 24.6 Å². The molecule has 32 heavy (non-hydrogen) atoms. The molecule has 3 rings (SSSR count). The first-order valence-corrected chi connectivity index (χ1v) is 10.4. The molecule has 0 fully saturated rings. The van der Waals surface area contributed by atoms with Crippen molar-refractivity contribution in [3.8, 4) is 28.4 Å². The normalized spacial score (nSPS) is 14.5. The van der Waals surface area contributed by atoms with Crippen molar-refractivity contribution in [3.05, 3.63) is 47.3 Å². The van der Waals surface area contributed by atoms with Gasteiger partial charge in [-0.15, -0.1) is 11.8 Å². The number of aliphatic carboxylic acids is 1. The molecule has 1 aromatic heterocycles. The number of benzene rings is 1. The topological polar surface area (TPSA) is 127 Å². The van der Waals surface area contributed by atoms with E-state index in [4.69, 9.17) is 24.4 Å². The molecule has 1 atom stereocenters. The second-order valence-electron chi connectivity index (χ2n) is 6.44. The first kappa shape index (κ1) is 25.0. The highest BCUT2D eigenvalue weighted by molar-refractivity contribution is 8.03. The van der Waals surface area contributed by atoms with E-state index < -0.39 is 5.97 Å². The molecule has 0 saturated carbocycles. The van der Waals surface area contributed by atoms with Crippen LogP contribution in [-0.2, 0) is 4.79 Å². The van der Waals surface area contributed by atoms with Crippen LogP contribution in [0.25, 0.3) is 11.1 Å². The van der Waals surface area contributed by atoms with Gasteiger partial charge in [0.15, 0.2) is 11.5 Å². The van der Waals surface area contributed by atoms with Gasteiger partial charge in [0, 0.05) is 35.9 Å². The lowest BCUT2D eigenvalue weighted by atomic mass is 10.0. The molecule has 0 aliphatic carbocycles. The fourth-order valence-corrected chi connectivity index (χ4v) is 4.26. The Morgan fingerprint density at radius 3 is 2.47 bits per heavy atom. The summed E-state index contributed by atoms with van der Waals surface area (Å²) >= 11 is 1.36. The van der Waals surface area contributed by atoms with Crippen LogP contribution in [0.5, 0.6) is 17.2 Å². The zero-order valence-corrected chi connectivity index (χ0v) is 19.1. The Hall–Kier alpha value is -3.24. The molecule has 0 bridgehead atoms. The highest BCUT2D eigenvalue weighted by atomic mass is 32.2. The number of carboxylic acids is 1. The molecule has 172 valence electrons. The van der Waals surface area contributed by atoms with E-state index >= 15 is 0 Å². The fourth-order valence-electron chi connectivity index (χ4n) is 3.14. The number of nitrogens with zero attached hydrogens (tertiary/aromatic N) is 1. The van der Waals surface area contributed by atoms with E-state index in [-0.39, 0.29) is 17.6 Å². The molecule has 1 aliphatic rings. The summed E-state index contributed by atoms with van der Waals surface area (Å²) in [6.07, 6.45) is 5.60. The number of ether oxygens (including phenoxy) is 3. The molecular weight excluding hydrogens is 436 g/mol. The number of aliphatic hydroxyl groups excluding tert-OH is 1. The van der Waals surface area contributed by atoms with Crippen LogP contribution in [0.3, 0.4) is 0 Å². The van der Waals surface area contributed by atoms with Gasteiger partial charge in [0.25, 0.3) is 5.91 Å². The van der Waals surface area contributed by atoms with Gasteiger partial charge in [0.2, 0.25) is 5.75 Å². The van der Waals surface area contributed by atoms with Crippen LogP contribution in [0.15, 0.2) is 41.7 Å². The van der Waals surface area contributed by atoms with E-state index in [2.05, 4.69) is 10.3 Å². The molecule has 9 nitrogen and oxygen atoms in total. The van der Waals surface area contributed by atoms with Gasteiger partial charge in [-0.3, -0.25) is 14.6 Å². The molecule has 10 heteroatoms. The molecule has 2 aromatic rings. The van der Waals surface area contributed by atoms with Crippen LogP contribution in [0, 0.1) is 0 Å². The number of carbonyl (C=O) groups excluding carboxylic acids is 1. The Bertz CT molecular complexity index is 994. The summed E-state index contributed by atoms with van der Waals surface area (Å²) in [6.45, 7) is 0. The zero-order chi connectivity index (χ0) is 23.7. The molecular formula is C22H26N2O7S. The number of aromatic nitrogens is 1. The summed E-state index contributed by atoms with van der Waals surface area (Å²) in [5.41, 5.74) is 1.75. The lowest BCUT2D eigenvalue weighted by Crippen LogP contribution is -2.21. The molecule has 1 unspecified atom stereocenters. The number of carboxylic acid groups (broad SMARTS) is 1. The number of amides is 1. The van der Waals surface area contributed by atoms with Crippen molar-refractivity contribution in [2.24, 2.45) is 0 Å². The summed E-state index contributed by atoms with van der Waals surface area (Å²) in [7, 11) is 5.60. The largest absolute Gasteiger partial charge is 0.493 e. The van der Waals surface area contributed by atoms with Gasteiger partial charge in [-0.25, -0.2) is 0 Å². The number of aliphatic hydroxyl groups is 1. The van der Waals surface area contributed by atoms with Crippen molar-refractivity contribution in [1.82, 2.24) is 10.3 Å². The Labute approximate surface area is 190 Å². The summed E-state index contributed by atoms with van der Waals surface area (Å²) in [5, 5.41) is 19.3. The molecule has 0 saturated heterocycles. The highest BCUT2D eigenvalue weighted by Gasteiger charge is 2.23. The SMILES string of the molecule is CO.COc1ccc(-c2cncc(C(=O)NC3=CCC(CC(=O)O)S3)c2)c(OC)c1OC. The van der Waals surface area contributed by atoms with Gasteiger partial charge in [-0.1, -0.05) is 6.08 Å². The number of rotatable bonds is 8. The van der Waals surface area contributed by atoms with Gasteiger partial charge >= 0.3 is 5.97 Å². The Morgan fingerprint density at radius 2 is 1.84 bits per heavy atom. The van der Waals surface area contributed by atoms with Crippen LogP contribution in [0.2, 0.25) is 0 Å². The van der Waals surface area contributed by atoms with E-state index in [0.717, 1.165) is 7.11 Å². The molecule has 1 amide bonds. The predicted molar refractivity (Wildman–Crippen MR) is 121 cm³/mol. The van der Waals surface area contributed by atoms with Gasteiger partial charge < -0.3 is 29.7 Å². The van der Waals surface area contributed by atoms with Crippen molar-refractivity contribution in [3.63, 3.8) is 0 Å². The average molecular weight is 463 g/mol. The second-order valence-corrected chi connectivity index (χ2v) is 7.78. The summed E-state index contributed by atoms with van der Waals surface area (Å²) in [4.78, 5) is 27.7. The smallest absolute Gasteiger partial charge is 0.304 e. The third-order valence-corrected chi connectivity index (χ3v) is 5.73. The molecule has 1 aromatic carbocycles. The molecule has 3 N–H and O–H groups in total. The summed E-state index contributed by atoms with van der Waals surface area (Å²) < 4.78 is 16.3. The van der Waals surface area contributed by atoms with E-state index in [9.17, 15) is 9.59 Å². The van der Waals surface area contributed by atoms with Crippen molar-refractivity contribution in [1.29, 1.82) is 0 Å². The lowest BCUT2D eigenvalue weighted by Gasteiger charge is -2.16. The number of allylic oxidation sites excluding steroid dienone is 1. The van der Waals surface area contributed by atoms with Crippen molar-refractivity contribution < 1.29 is 34.0 Å². The second kappa shape index (κ2) is 12.0. The van der Waals surface area contributed by atoms with Crippen LogP contribution < -0.4 is 19.5 Å². The third kappa shape index (κ3) is 5.92. The van der Waals surface area contributed by atoms with E-state index in [1.807, 2.05) is 12.1 Å². The number of thioether (sulfide) groups is 1. The van der Waals surface area contributed by atoms with Crippen LogP contribution >= 0.6 is 11.8 Å². The Balaban J connectivity index is 0.00000176. The van der Waals surface area contributed by atoms with E-state index in [1.165, 1.54) is 32.2 Å². The fraction of sp³-hybridized carbons (Fsp3) is 0.318. The van der Waals surface area contributed by atoms with Crippen LogP contribution in [0.1, 0.15) is 23.2 Å². The average Bonchev–Trinajstić information content (AvgIpc) is 3.25. The number of methoxy groups -OCH3 is 3. The van der Waals surface area contributed by atoms with Crippen LogP contribution in [-0.4, -0.2) is 60.8 Å². The quantitative estimate of drug-likeness (QED) is 0.542. The first-order chi connectivity index (χ1) is 15.5. The Morgan fingerprint density at radius 1 is 1.12 bits per heavy atom. The summed E-state index contributed by atoms with van der Waals surface area (Å²) in [6, 6.07) is 5.28. The molecule has 0 spiro atoms. The maximum absolute atomic E-state index is 12.7. The number of pyridine rings is 1. The van der Waals surface area contributed by atoms with Crippen LogP contribution in [0.4, 0.5) is 0 Å². The highest BCUT2D eigenvalue weighted by Crippen LogP contribution is 2.44. The molecule has 1 aliphatic heterocycles. The number of nitrogens with one attached hydrogen (secondary N) is 1. The molecule has 0 radical (unpaired) electrons. The van der Waals surface area contributed by atoms with E-state index in [0.29, 0.717) is 45.4 Å². The van der Waals surface area contributed by atoms with Crippen molar-refractivity contribution in [2.75, 3.05) is 28.4 Å². The van der Waals surface area contributed by atoms with Gasteiger partial charge in [0.05, 0.1) is 38.3 Å². The maximum atomic E-state index is 12.7. The lowest BCUT2D eigenvalue weighted by molar-refractivity contribution is -0.136. The van der Waals surface area contributed by atoms with Crippen molar-refractivity contribution in [2.45, 2.75) is 18.1 Å². The van der Waals surface area contributed by atoms with Crippen molar-refractivity contribution >= 4 is 23.6 Å². The van der Waals surface area contributed by atoms with Gasteiger partial charge in [-0.2, -0.15) is 0 Å². The number of carbonyl (C=O) groups is 2. The first-order valence-electron chi connectivity index (χ1n) is 9.55. The Kier molecular flexibility index (Phi) is 9.36. The minimum absolute atomic E-state index is 0.0523. The monoisotopic (exact) mass is 462 g/mol. The third-order valence-electron chi connectivity index (χ3n) is 4.51. The number of hydrogen-bond donors (Lipinski definition) is 3. The standard InChI is InChI=1S/C21H22N2O6S.CH4O/c1-27-16-6-5-15(19(28-2)20(16)29-3)12-8-13(11-22-10-12)21(26)23-17-7-4-14(30-17)9-18(24)25;1-2/h5-8,10-11,14H,4,9H2,1-3H3,(H,23,26)(H,24,25);2H,1H3. The number of hydrogen-bond acceptors (Lipinski definition) is 8. The minimum atomic E-state index is -0.853. The predicted octanol–water partition coefficient (Wildman–Crippen LogP) is 2.93.